The number of aromatic amines is 1. The van der Waals surface area contributed by atoms with Crippen molar-refractivity contribution in [1.29, 1.82) is 0 Å². The number of nitrogens with zero attached hydrogens (tertiary/aromatic N) is 3. The summed E-state index contributed by atoms with van der Waals surface area (Å²) in [7, 11) is 0. The molecule has 0 radical (unpaired) electrons. The van der Waals surface area contributed by atoms with Crippen molar-refractivity contribution >= 4 is 28.5 Å². The molecule has 0 amide bonds. The van der Waals surface area contributed by atoms with Gasteiger partial charge in [0.2, 0.25) is 0 Å². The van der Waals surface area contributed by atoms with Crippen LogP contribution in [0.4, 0.5) is 5.82 Å². The van der Waals surface area contributed by atoms with Crippen LogP contribution in [0.25, 0.3) is 22.2 Å². The van der Waals surface area contributed by atoms with Crippen LogP contribution in [0.5, 0.6) is 0 Å². The van der Waals surface area contributed by atoms with Crippen LogP contribution in [-0.2, 0) is 0 Å². The highest BCUT2D eigenvalue weighted by Crippen LogP contribution is 2.23. The Morgan fingerprint density at radius 1 is 1.23 bits per heavy atom. The van der Waals surface area contributed by atoms with Crippen molar-refractivity contribution in [3.05, 3.63) is 70.1 Å². The number of H-pyrrole nitrogens is 1. The van der Waals surface area contributed by atoms with Crippen LogP contribution in [-0.4, -0.2) is 20.1 Å². The van der Waals surface area contributed by atoms with Gasteiger partial charge in [-0.3, -0.25) is 4.79 Å². The Morgan fingerprint density at radius 2 is 2.12 bits per heavy atom. The summed E-state index contributed by atoms with van der Waals surface area (Å²) >= 11 is 6.02. The average Bonchev–Trinajstić information content (AvgIpc) is 3.16. The summed E-state index contributed by atoms with van der Waals surface area (Å²) in [6.07, 6.45) is 4.86. The van der Waals surface area contributed by atoms with Crippen LogP contribution in [0.3, 0.4) is 0 Å². The number of fused-ring (bicyclic) bond motifs is 1. The number of aromatic nitrogens is 4. The Labute approximate surface area is 153 Å². The number of anilines is 1. The van der Waals surface area contributed by atoms with Gasteiger partial charge in [-0.2, -0.15) is 0 Å². The number of halogens is 1. The molecule has 8 heteroatoms. The van der Waals surface area contributed by atoms with Gasteiger partial charge >= 0.3 is 0 Å². The molecule has 0 bridgehead atoms. The van der Waals surface area contributed by atoms with Crippen molar-refractivity contribution in [1.82, 2.24) is 20.1 Å². The summed E-state index contributed by atoms with van der Waals surface area (Å²) in [5.74, 6) is 0.614. The average molecular weight is 368 g/mol. The number of hydrogen-bond donors (Lipinski definition) is 2. The molecule has 7 nitrogen and oxygen atoms in total. The van der Waals surface area contributed by atoms with Gasteiger partial charge in [0.25, 0.3) is 5.56 Å². The molecule has 3 heterocycles. The maximum atomic E-state index is 12.4. The zero-order valence-electron chi connectivity index (χ0n) is 13.7. The highest BCUT2D eigenvalue weighted by molar-refractivity contribution is 6.31. The van der Waals surface area contributed by atoms with Crippen molar-refractivity contribution < 1.29 is 4.52 Å². The van der Waals surface area contributed by atoms with Gasteiger partial charge in [0.15, 0.2) is 0 Å². The molecule has 130 valence electrons. The van der Waals surface area contributed by atoms with Crippen molar-refractivity contribution in [3.8, 4) is 11.1 Å². The first-order valence-electron chi connectivity index (χ1n) is 7.92. The largest absolute Gasteiger partial charge is 0.364 e. The Hall–Kier alpha value is -3.19. The minimum atomic E-state index is -0.354. The Kier molecular flexibility index (Phi) is 4.14. The Morgan fingerprint density at radius 3 is 2.92 bits per heavy atom. The molecule has 4 rings (SSSR count). The monoisotopic (exact) mass is 367 g/mol. The third-order valence-electron chi connectivity index (χ3n) is 3.98. The zero-order chi connectivity index (χ0) is 18.1. The predicted octanol–water partition coefficient (Wildman–Crippen LogP) is 3.80. The van der Waals surface area contributed by atoms with Gasteiger partial charge in [0.1, 0.15) is 17.8 Å². The molecule has 0 aliphatic carbocycles. The molecule has 26 heavy (non-hydrogen) atoms. The smallest absolute Gasteiger partial charge is 0.272 e. The van der Waals surface area contributed by atoms with Crippen molar-refractivity contribution in [2.75, 3.05) is 5.32 Å². The standard InChI is InChI=1S/C18H14ClN5O2/c1-10(17-18(25)24-14-3-2-13(19)7-15(14)23-17)22-16-6-11(4-5-20-16)12-8-21-26-9-12/h2-10H,1H3,(H,20,22)(H,24,25)/t10-/m0/s1. The molecule has 0 saturated heterocycles. The van der Waals surface area contributed by atoms with Gasteiger partial charge in [0, 0.05) is 16.8 Å². The van der Waals surface area contributed by atoms with Gasteiger partial charge in [-0.25, -0.2) is 9.97 Å². The third-order valence-corrected chi connectivity index (χ3v) is 4.22. The van der Waals surface area contributed by atoms with Crippen molar-refractivity contribution in [3.63, 3.8) is 0 Å². The summed E-state index contributed by atoms with van der Waals surface area (Å²) in [5.41, 5.74) is 3.13. The van der Waals surface area contributed by atoms with Gasteiger partial charge < -0.3 is 14.8 Å². The lowest BCUT2D eigenvalue weighted by molar-refractivity contribution is 0.420. The summed E-state index contributed by atoms with van der Waals surface area (Å²) < 4.78 is 4.87. The van der Waals surface area contributed by atoms with E-state index in [4.69, 9.17) is 16.1 Å². The summed E-state index contributed by atoms with van der Waals surface area (Å²) in [6.45, 7) is 1.85. The van der Waals surface area contributed by atoms with Gasteiger partial charge in [-0.05, 0) is 42.8 Å². The van der Waals surface area contributed by atoms with E-state index in [2.05, 4.69) is 25.4 Å². The molecular weight excluding hydrogens is 354 g/mol. The normalized spacial score (nSPS) is 12.2. The first-order valence-corrected chi connectivity index (χ1v) is 8.30. The van der Waals surface area contributed by atoms with E-state index in [0.29, 0.717) is 27.6 Å². The third kappa shape index (κ3) is 3.16. The van der Waals surface area contributed by atoms with E-state index in [1.807, 2.05) is 19.1 Å². The molecule has 0 aliphatic rings. The number of pyridine rings is 1. The molecule has 4 aromatic rings. The van der Waals surface area contributed by atoms with Gasteiger partial charge in [-0.1, -0.05) is 16.8 Å². The number of benzene rings is 1. The van der Waals surface area contributed by atoms with Crippen LogP contribution >= 0.6 is 11.6 Å². The lowest BCUT2D eigenvalue weighted by Crippen LogP contribution is -2.22. The lowest BCUT2D eigenvalue weighted by Gasteiger charge is -2.14. The topological polar surface area (TPSA) is 96.7 Å². The van der Waals surface area contributed by atoms with Crippen LogP contribution < -0.4 is 10.9 Å². The molecule has 3 aromatic heterocycles. The minimum absolute atomic E-state index is 0.255. The van der Waals surface area contributed by atoms with E-state index in [1.54, 1.807) is 36.9 Å². The van der Waals surface area contributed by atoms with E-state index in [0.717, 1.165) is 11.1 Å². The molecular formula is C18H14ClN5O2. The van der Waals surface area contributed by atoms with Gasteiger partial charge in [0.05, 0.1) is 23.3 Å². The fourth-order valence-corrected chi connectivity index (χ4v) is 2.86. The molecule has 0 spiro atoms. The van der Waals surface area contributed by atoms with Crippen LogP contribution in [0.15, 0.2) is 58.3 Å². The molecule has 0 saturated carbocycles. The second-order valence-electron chi connectivity index (χ2n) is 5.82. The molecule has 2 N–H and O–H groups in total. The highest BCUT2D eigenvalue weighted by atomic mass is 35.5. The van der Waals surface area contributed by atoms with E-state index in [9.17, 15) is 4.79 Å². The molecule has 0 fully saturated rings. The highest BCUT2D eigenvalue weighted by Gasteiger charge is 2.14. The van der Waals surface area contributed by atoms with Crippen molar-refractivity contribution in [2.45, 2.75) is 13.0 Å². The fourth-order valence-electron chi connectivity index (χ4n) is 2.69. The van der Waals surface area contributed by atoms with E-state index in [-0.39, 0.29) is 11.6 Å². The summed E-state index contributed by atoms with van der Waals surface area (Å²) in [5, 5.41) is 7.47. The summed E-state index contributed by atoms with van der Waals surface area (Å²) in [6, 6.07) is 8.52. The summed E-state index contributed by atoms with van der Waals surface area (Å²) in [4.78, 5) is 24.0. The van der Waals surface area contributed by atoms with Gasteiger partial charge in [-0.15, -0.1) is 0 Å². The number of hydrogen-bond acceptors (Lipinski definition) is 6. The minimum Gasteiger partial charge on any atom is -0.364 e. The number of rotatable bonds is 4. The lowest BCUT2D eigenvalue weighted by atomic mass is 10.1. The van der Waals surface area contributed by atoms with E-state index >= 15 is 0 Å². The zero-order valence-corrected chi connectivity index (χ0v) is 14.5. The second-order valence-corrected chi connectivity index (χ2v) is 6.26. The Balaban J connectivity index is 1.65. The molecule has 1 aromatic carbocycles. The first-order chi connectivity index (χ1) is 12.6. The van der Waals surface area contributed by atoms with Crippen LogP contribution in [0.1, 0.15) is 18.7 Å². The maximum Gasteiger partial charge on any atom is 0.272 e. The van der Waals surface area contributed by atoms with E-state index < -0.39 is 0 Å². The quantitative estimate of drug-likeness (QED) is 0.569. The molecule has 1 atom stereocenters. The second kappa shape index (κ2) is 6.61. The van der Waals surface area contributed by atoms with E-state index in [1.165, 1.54) is 0 Å². The van der Waals surface area contributed by atoms with Crippen molar-refractivity contribution in [2.24, 2.45) is 0 Å². The van der Waals surface area contributed by atoms with Crippen LogP contribution in [0.2, 0.25) is 5.02 Å². The maximum absolute atomic E-state index is 12.4. The predicted molar refractivity (Wildman–Crippen MR) is 99.1 cm³/mol. The fraction of sp³-hybridized carbons (Fsp3) is 0.111. The SMILES string of the molecule is C[C@H](Nc1cc(-c2cnoc2)ccn1)c1nc2cc(Cl)ccc2[nH]c1=O. The first kappa shape index (κ1) is 16.3. The molecule has 0 unspecified atom stereocenters. The molecule has 0 aliphatic heterocycles. The van der Waals surface area contributed by atoms with Crippen LogP contribution in [0, 0.1) is 0 Å². The Bertz CT molecular complexity index is 1120. The number of nitrogens with one attached hydrogen (secondary N) is 2.